The van der Waals surface area contributed by atoms with Crippen LogP contribution in [-0.4, -0.2) is 65.4 Å². The molecule has 27 heavy (non-hydrogen) atoms. The SMILES string of the molecule is COc1ccccc1CN1Cc2ccnn2C(CC(=O)N2CCOCC2)C1. The summed E-state index contributed by atoms with van der Waals surface area (Å²) in [5.41, 5.74) is 2.31. The Morgan fingerprint density at radius 2 is 2.07 bits per heavy atom. The Labute approximate surface area is 159 Å². The van der Waals surface area contributed by atoms with Gasteiger partial charge in [0.05, 0.1) is 38.5 Å². The fourth-order valence-electron chi connectivity index (χ4n) is 3.95. The lowest BCUT2D eigenvalue weighted by Crippen LogP contribution is -2.44. The smallest absolute Gasteiger partial charge is 0.224 e. The zero-order chi connectivity index (χ0) is 18.6. The van der Waals surface area contributed by atoms with E-state index in [2.05, 4.69) is 16.1 Å². The summed E-state index contributed by atoms with van der Waals surface area (Å²) in [4.78, 5) is 17.0. The predicted octanol–water partition coefficient (Wildman–Crippen LogP) is 1.70. The Morgan fingerprint density at radius 1 is 1.26 bits per heavy atom. The highest BCUT2D eigenvalue weighted by atomic mass is 16.5. The van der Waals surface area contributed by atoms with E-state index in [9.17, 15) is 4.79 Å². The molecular formula is C20H26N4O3. The van der Waals surface area contributed by atoms with Crippen LogP contribution in [0.2, 0.25) is 0 Å². The summed E-state index contributed by atoms with van der Waals surface area (Å²) in [7, 11) is 1.70. The summed E-state index contributed by atoms with van der Waals surface area (Å²) in [6.45, 7) is 5.03. The summed E-state index contributed by atoms with van der Waals surface area (Å²) in [6.07, 6.45) is 2.30. The third-order valence-corrected chi connectivity index (χ3v) is 5.31. The number of methoxy groups -OCH3 is 1. The zero-order valence-corrected chi connectivity index (χ0v) is 15.7. The van der Waals surface area contributed by atoms with Crippen molar-refractivity contribution in [3.8, 4) is 5.75 Å². The van der Waals surface area contributed by atoms with Gasteiger partial charge in [-0.15, -0.1) is 0 Å². The van der Waals surface area contributed by atoms with Gasteiger partial charge in [-0.05, 0) is 12.1 Å². The molecule has 1 aromatic carbocycles. The van der Waals surface area contributed by atoms with Crippen LogP contribution in [0, 0.1) is 0 Å². The lowest BCUT2D eigenvalue weighted by molar-refractivity contribution is -0.136. The highest BCUT2D eigenvalue weighted by Gasteiger charge is 2.29. The Balaban J connectivity index is 1.48. The predicted molar refractivity (Wildman–Crippen MR) is 100 cm³/mol. The molecule has 4 rings (SSSR count). The molecule has 7 nitrogen and oxygen atoms in total. The molecule has 2 aromatic rings. The molecule has 1 aromatic heterocycles. The Hall–Kier alpha value is -2.38. The van der Waals surface area contributed by atoms with Crippen molar-refractivity contribution < 1.29 is 14.3 Å². The minimum Gasteiger partial charge on any atom is -0.496 e. The van der Waals surface area contributed by atoms with Gasteiger partial charge in [0.2, 0.25) is 5.91 Å². The van der Waals surface area contributed by atoms with E-state index in [1.54, 1.807) is 7.11 Å². The largest absolute Gasteiger partial charge is 0.496 e. The number of hydrogen-bond donors (Lipinski definition) is 0. The number of hydrogen-bond acceptors (Lipinski definition) is 5. The van der Waals surface area contributed by atoms with Crippen molar-refractivity contribution in [2.45, 2.75) is 25.6 Å². The molecule has 1 saturated heterocycles. The fourth-order valence-corrected chi connectivity index (χ4v) is 3.95. The Kier molecular flexibility index (Phi) is 5.40. The van der Waals surface area contributed by atoms with E-state index in [0.717, 1.165) is 36.6 Å². The van der Waals surface area contributed by atoms with Crippen LogP contribution in [0.3, 0.4) is 0 Å². The number of carbonyl (C=O) groups excluding carboxylic acids is 1. The maximum Gasteiger partial charge on any atom is 0.224 e. The molecular weight excluding hydrogens is 344 g/mol. The molecule has 2 aliphatic heterocycles. The first-order valence-corrected chi connectivity index (χ1v) is 9.47. The van der Waals surface area contributed by atoms with E-state index in [1.807, 2.05) is 40.0 Å². The van der Waals surface area contributed by atoms with Crippen molar-refractivity contribution in [1.82, 2.24) is 19.6 Å². The molecule has 0 spiro atoms. The summed E-state index contributed by atoms with van der Waals surface area (Å²) >= 11 is 0. The number of aromatic nitrogens is 2. The van der Waals surface area contributed by atoms with Gasteiger partial charge in [0.15, 0.2) is 0 Å². The Morgan fingerprint density at radius 3 is 2.89 bits per heavy atom. The van der Waals surface area contributed by atoms with Crippen molar-refractivity contribution in [1.29, 1.82) is 0 Å². The topological polar surface area (TPSA) is 59.8 Å². The molecule has 0 saturated carbocycles. The number of fused-ring (bicyclic) bond motifs is 1. The van der Waals surface area contributed by atoms with Gasteiger partial charge in [-0.3, -0.25) is 14.4 Å². The number of ether oxygens (including phenoxy) is 2. The number of carbonyl (C=O) groups is 1. The molecule has 0 bridgehead atoms. The first kappa shape index (κ1) is 18.0. The van der Waals surface area contributed by atoms with Gasteiger partial charge in [0, 0.05) is 44.5 Å². The second-order valence-corrected chi connectivity index (χ2v) is 7.10. The van der Waals surface area contributed by atoms with Gasteiger partial charge in [0.1, 0.15) is 5.75 Å². The molecule has 1 unspecified atom stereocenters. The standard InChI is InChI=1S/C20H26N4O3/c1-26-19-5-3-2-4-16(19)13-22-14-17-6-7-21-24(17)18(15-22)12-20(25)23-8-10-27-11-9-23/h2-7,18H,8-15H2,1H3. The minimum atomic E-state index is 0.0498. The second-order valence-electron chi connectivity index (χ2n) is 7.10. The minimum absolute atomic E-state index is 0.0498. The van der Waals surface area contributed by atoms with E-state index in [0.29, 0.717) is 32.7 Å². The van der Waals surface area contributed by atoms with Crippen molar-refractivity contribution in [3.05, 3.63) is 47.8 Å². The number of benzene rings is 1. The van der Waals surface area contributed by atoms with Gasteiger partial charge >= 0.3 is 0 Å². The monoisotopic (exact) mass is 370 g/mol. The van der Waals surface area contributed by atoms with Gasteiger partial charge in [-0.2, -0.15) is 5.10 Å². The van der Waals surface area contributed by atoms with Gasteiger partial charge in [-0.1, -0.05) is 18.2 Å². The third-order valence-electron chi connectivity index (χ3n) is 5.31. The van der Waals surface area contributed by atoms with Crippen LogP contribution < -0.4 is 4.74 Å². The molecule has 2 aliphatic rings. The van der Waals surface area contributed by atoms with Crippen LogP contribution in [0.5, 0.6) is 5.75 Å². The quantitative estimate of drug-likeness (QED) is 0.802. The number of amides is 1. The van der Waals surface area contributed by atoms with Gasteiger partial charge in [-0.25, -0.2) is 0 Å². The van der Waals surface area contributed by atoms with Crippen molar-refractivity contribution in [2.75, 3.05) is 40.0 Å². The maximum atomic E-state index is 12.8. The lowest BCUT2D eigenvalue weighted by Gasteiger charge is -2.35. The molecule has 144 valence electrons. The first-order chi connectivity index (χ1) is 13.2. The van der Waals surface area contributed by atoms with Crippen LogP contribution >= 0.6 is 0 Å². The first-order valence-electron chi connectivity index (χ1n) is 9.47. The summed E-state index contributed by atoms with van der Waals surface area (Å²) in [6, 6.07) is 10.2. The molecule has 1 atom stereocenters. The number of para-hydroxylation sites is 1. The molecule has 1 amide bonds. The Bertz CT molecular complexity index is 785. The molecule has 0 aliphatic carbocycles. The number of rotatable bonds is 5. The van der Waals surface area contributed by atoms with E-state index in [1.165, 1.54) is 0 Å². The second kappa shape index (κ2) is 8.10. The summed E-state index contributed by atoms with van der Waals surface area (Å²) in [5.74, 6) is 1.08. The molecule has 0 N–H and O–H groups in total. The average Bonchev–Trinajstić information content (AvgIpc) is 3.18. The molecule has 0 radical (unpaired) electrons. The zero-order valence-electron chi connectivity index (χ0n) is 15.7. The highest BCUT2D eigenvalue weighted by Crippen LogP contribution is 2.27. The van der Waals surface area contributed by atoms with Gasteiger partial charge in [0.25, 0.3) is 0 Å². The lowest BCUT2D eigenvalue weighted by atomic mass is 10.1. The molecule has 7 heteroatoms. The maximum absolute atomic E-state index is 12.8. The average molecular weight is 370 g/mol. The summed E-state index contributed by atoms with van der Waals surface area (Å²) < 4.78 is 12.9. The van der Waals surface area contributed by atoms with E-state index >= 15 is 0 Å². The van der Waals surface area contributed by atoms with Crippen LogP contribution in [0.25, 0.3) is 0 Å². The van der Waals surface area contributed by atoms with Crippen LogP contribution in [-0.2, 0) is 22.6 Å². The van der Waals surface area contributed by atoms with E-state index in [4.69, 9.17) is 9.47 Å². The number of nitrogens with zero attached hydrogens (tertiary/aromatic N) is 4. The third kappa shape index (κ3) is 3.99. The number of morpholine rings is 1. The van der Waals surface area contributed by atoms with Crippen molar-refractivity contribution >= 4 is 5.91 Å². The highest BCUT2D eigenvalue weighted by molar-refractivity contribution is 5.76. The van der Waals surface area contributed by atoms with Crippen molar-refractivity contribution in [3.63, 3.8) is 0 Å². The fraction of sp³-hybridized carbons (Fsp3) is 0.500. The van der Waals surface area contributed by atoms with Crippen LogP contribution in [0.1, 0.15) is 23.7 Å². The van der Waals surface area contributed by atoms with Crippen molar-refractivity contribution in [2.24, 2.45) is 0 Å². The van der Waals surface area contributed by atoms with Gasteiger partial charge < -0.3 is 14.4 Å². The molecule has 1 fully saturated rings. The van der Waals surface area contributed by atoms with Crippen LogP contribution in [0.15, 0.2) is 36.5 Å². The van der Waals surface area contributed by atoms with E-state index < -0.39 is 0 Å². The molecule has 3 heterocycles. The van der Waals surface area contributed by atoms with Crippen LogP contribution in [0.4, 0.5) is 0 Å². The summed E-state index contributed by atoms with van der Waals surface area (Å²) in [5, 5.41) is 4.48. The normalized spacial score (nSPS) is 20.3. The van der Waals surface area contributed by atoms with E-state index in [-0.39, 0.29) is 11.9 Å².